The molecule has 1 aromatic rings. The molecule has 1 N–H and O–H groups in total. The van der Waals surface area contributed by atoms with Crippen LogP contribution in [0.3, 0.4) is 0 Å². The second kappa shape index (κ2) is 7.01. The van der Waals surface area contributed by atoms with Crippen LogP contribution in [0, 0.1) is 3.57 Å². The Morgan fingerprint density at radius 2 is 2.12 bits per heavy atom. The van der Waals surface area contributed by atoms with E-state index in [2.05, 4.69) is 44.8 Å². The van der Waals surface area contributed by atoms with Crippen LogP contribution in [0.2, 0.25) is 0 Å². The molecule has 0 atom stereocenters. The zero-order chi connectivity index (χ0) is 12.0. The van der Waals surface area contributed by atoms with E-state index in [1.165, 1.54) is 0 Å². The van der Waals surface area contributed by atoms with E-state index < -0.39 is 0 Å². The van der Waals surface area contributed by atoms with Crippen molar-refractivity contribution >= 4 is 28.4 Å². The maximum Gasteiger partial charge on any atom is 0.143 e. The fourth-order valence-corrected chi connectivity index (χ4v) is 2.32. The van der Waals surface area contributed by atoms with E-state index in [0.29, 0.717) is 0 Å². The molecular formula is C11H18IN3O. The zero-order valence-electron chi connectivity index (χ0n) is 10.0. The highest BCUT2D eigenvalue weighted by Crippen LogP contribution is 2.19. The number of aromatic nitrogens is 2. The summed E-state index contributed by atoms with van der Waals surface area (Å²) in [6, 6.07) is 0. The van der Waals surface area contributed by atoms with Gasteiger partial charge in [0.05, 0.1) is 9.26 Å². The van der Waals surface area contributed by atoms with E-state index in [1.807, 2.05) is 7.05 Å². The van der Waals surface area contributed by atoms with Crippen LogP contribution in [0.4, 0.5) is 5.82 Å². The molecule has 1 rings (SSSR count). The fraction of sp³-hybridized carbons (Fsp3) is 0.636. The van der Waals surface area contributed by atoms with Crippen molar-refractivity contribution in [2.24, 2.45) is 0 Å². The first-order valence-electron chi connectivity index (χ1n) is 5.44. The van der Waals surface area contributed by atoms with E-state index in [-0.39, 0.29) is 0 Å². The second-order valence-electron chi connectivity index (χ2n) is 3.45. The average Bonchev–Trinajstić information content (AvgIpc) is 2.31. The van der Waals surface area contributed by atoms with Gasteiger partial charge in [-0.1, -0.05) is 6.92 Å². The van der Waals surface area contributed by atoms with Crippen LogP contribution in [-0.4, -0.2) is 30.7 Å². The molecule has 0 fully saturated rings. The highest BCUT2D eigenvalue weighted by Gasteiger charge is 2.09. The highest BCUT2D eigenvalue weighted by molar-refractivity contribution is 14.1. The predicted octanol–water partition coefficient (Wildman–Crippen LogP) is 2.26. The molecule has 0 amide bonds. The number of nitrogens with zero attached hydrogens (tertiary/aromatic N) is 2. The maximum atomic E-state index is 5.03. The molecule has 0 aliphatic heterocycles. The Bertz CT molecular complexity index is 319. The highest BCUT2D eigenvalue weighted by atomic mass is 127. The number of rotatable bonds is 6. The molecule has 90 valence electrons. The number of anilines is 1. The third kappa shape index (κ3) is 3.55. The van der Waals surface area contributed by atoms with Crippen molar-refractivity contribution < 1.29 is 4.74 Å². The summed E-state index contributed by atoms with van der Waals surface area (Å²) in [5.74, 6) is 1.83. The van der Waals surface area contributed by atoms with Gasteiger partial charge < -0.3 is 10.1 Å². The Kier molecular flexibility index (Phi) is 5.97. The van der Waals surface area contributed by atoms with Crippen LogP contribution < -0.4 is 5.32 Å². The number of hydrogen-bond acceptors (Lipinski definition) is 4. The van der Waals surface area contributed by atoms with Crippen LogP contribution in [0.5, 0.6) is 0 Å². The van der Waals surface area contributed by atoms with Gasteiger partial charge in [0.1, 0.15) is 11.6 Å². The van der Waals surface area contributed by atoms with Crippen molar-refractivity contribution in [1.29, 1.82) is 0 Å². The molecule has 0 bridgehead atoms. The third-order valence-electron chi connectivity index (χ3n) is 2.29. The Hall–Kier alpha value is -0.430. The van der Waals surface area contributed by atoms with Gasteiger partial charge in [0.2, 0.25) is 0 Å². The first-order valence-corrected chi connectivity index (χ1v) is 6.52. The standard InChI is InChI=1S/C11H18IN3O/c1-4-8-10(12)11(13-2)15-9(14-8)6-5-7-16-3/h4-7H2,1-3H3,(H,13,14,15). The molecule has 1 heterocycles. The molecule has 0 radical (unpaired) electrons. The second-order valence-corrected chi connectivity index (χ2v) is 4.53. The topological polar surface area (TPSA) is 47.0 Å². The Labute approximate surface area is 110 Å². The van der Waals surface area contributed by atoms with Crippen LogP contribution in [0.1, 0.15) is 24.9 Å². The van der Waals surface area contributed by atoms with Gasteiger partial charge >= 0.3 is 0 Å². The zero-order valence-corrected chi connectivity index (χ0v) is 12.2. The van der Waals surface area contributed by atoms with Gasteiger partial charge in [0.15, 0.2) is 0 Å². The smallest absolute Gasteiger partial charge is 0.143 e. The predicted molar refractivity (Wildman–Crippen MR) is 73.9 cm³/mol. The summed E-state index contributed by atoms with van der Waals surface area (Å²) < 4.78 is 6.15. The molecule has 0 aliphatic rings. The van der Waals surface area contributed by atoms with E-state index in [1.54, 1.807) is 7.11 Å². The van der Waals surface area contributed by atoms with Crippen molar-refractivity contribution in [1.82, 2.24) is 9.97 Å². The molecule has 1 aromatic heterocycles. The van der Waals surface area contributed by atoms with Gasteiger partial charge in [-0.15, -0.1) is 0 Å². The van der Waals surface area contributed by atoms with Crippen LogP contribution in [0.25, 0.3) is 0 Å². The molecule has 4 nitrogen and oxygen atoms in total. The molecule has 5 heteroatoms. The summed E-state index contributed by atoms with van der Waals surface area (Å²) in [6.45, 7) is 2.87. The average molecular weight is 335 g/mol. The lowest BCUT2D eigenvalue weighted by Crippen LogP contribution is -2.08. The summed E-state index contributed by atoms with van der Waals surface area (Å²) in [5, 5.41) is 3.11. The third-order valence-corrected chi connectivity index (χ3v) is 3.42. The van der Waals surface area contributed by atoms with Crippen molar-refractivity contribution in [2.75, 3.05) is 26.1 Å². The molecule has 0 saturated heterocycles. The van der Waals surface area contributed by atoms with E-state index in [9.17, 15) is 0 Å². The normalized spacial score (nSPS) is 10.5. The number of hydrogen-bond donors (Lipinski definition) is 1. The van der Waals surface area contributed by atoms with Gasteiger partial charge in [-0.05, 0) is 35.4 Å². The fourth-order valence-electron chi connectivity index (χ4n) is 1.43. The van der Waals surface area contributed by atoms with Crippen molar-refractivity contribution in [2.45, 2.75) is 26.2 Å². The number of ether oxygens (including phenoxy) is 1. The molecular weight excluding hydrogens is 317 g/mol. The monoisotopic (exact) mass is 335 g/mol. The summed E-state index contributed by atoms with van der Waals surface area (Å²) in [7, 11) is 3.61. The first kappa shape index (κ1) is 13.6. The van der Waals surface area contributed by atoms with Gasteiger partial charge in [-0.25, -0.2) is 9.97 Å². The van der Waals surface area contributed by atoms with Crippen LogP contribution >= 0.6 is 22.6 Å². The van der Waals surface area contributed by atoms with Gasteiger partial charge in [0.25, 0.3) is 0 Å². The lowest BCUT2D eigenvalue weighted by molar-refractivity contribution is 0.194. The maximum absolute atomic E-state index is 5.03. The Balaban J connectivity index is 2.84. The minimum atomic E-state index is 0.756. The SMILES string of the molecule is CCc1nc(CCCOC)nc(NC)c1I. The number of aryl methyl sites for hydroxylation is 2. The first-order chi connectivity index (χ1) is 7.72. The van der Waals surface area contributed by atoms with Crippen molar-refractivity contribution in [3.8, 4) is 0 Å². The Morgan fingerprint density at radius 1 is 1.38 bits per heavy atom. The summed E-state index contributed by atoms with van der Waals surface area (Å²) in [4.78, 5) is 9.04. The van der Waals surface area contributed by atoms with E-state index >= 15 is 0 Å². The number of nitrogens with one attached hydrogen (secondary N) is 1. The Morgan fingerprint density at radius 3 is 2.69 bits per heavy atom. The van der Waals surface area contributed by atoms with Gasteiger partial charge in [0, 0.05) is 27.2 Å². The molecule has 0 aliphatic carbocycles. The molecule has 0 aromatic carbocycles. The lowest BCUT2D eigenvalue weighted by Gasteiger charge is -2.09. The largest absolute Gasteiger partial charge is 0.385 e. The van der Waals surface area contributed by atoms with E-state index in [0.717, 1.165) is 46.8 Å². The summed E-state index contributed by atoms with van der Waals surface area (Å²) in [5.41, 5.74) is 1.12. The van der Waals surface area contributed by atoms with E-state index in [4.69, 9.17) is 4.74 Å². The van der Waals surface area contributed by atoms with Gasteiger partial charge in [-0.2, -0.15) is 0 Å². The van der Waals surface area contributed by atoms with Crippen LogP contribution in [0.15, 0.2) is 0 Å². The minimum absolute atomic E-state index is 0.756. The van der Waals surface area contributed by atoms with Crippen LogP contribution in [-0.2, 0) is 17.6 Å². The molecule has 0 saturated carbocycles. The quantitative estimate of drug-likeness (QED) is 0.640. The lowest BCUT2D eigenvalue weighted by atomic mass is 10.2. The summed E-state index contributed by atoms with van der Waals surface area (Å²) >= 11 is 2.29. The number of halogens is 1. The number of methoxy groups -OCH3 is 1. The summed E-state index contributed by atoms with van der Waals surface area (Å²) in [6.07, 6.45) is 2.77. The molecule has 16 heavy (non-hydrogen) atoms. The minimum Gasteiger partial charge on any atom is -0.385 e. The van der Waals surface area contributed by atoms with Crippen molar-refractivity contribution in [3.05, 3.63) is 15.1 Å². The van der Waals surface area contributed by atoms with Crippen molar-refractivity contribution in [3.63, 3.8) is 0 Å². The molecule has 0 unspecified atom stereocenters. The molecule has 0 spiro atoms. The van der Waals surface area contributed by atoms with Gasteiger partial charge in [-0.3, -0.25) is 0 Å².